The van der Waals surface area contributed by atoms with Gasteiger partial charge >= 0.3 is 0 Å². The maximum absolute atomic E-state index is 12.6. The molecule has 2 aromatic rings. The number of allylic oxidation sites excluding steroid dienone is 2. The summed E-state index contributed by atoms with van der Waals surface area (Å²) in [6, 6.07) is 0. The van der Waals surface area contributed by atoms with Crippen molar-refractivity contribution in [2.24, 2.45) is 5.41 Å². The van der Waals surface area contributed by atoms with Crippen LogP contribution in [-0.4, -0.2) is 114 Å². The Morgan fingerprint density at radius 2 is 1.59 bits per heavy atom. The van der Waals surface area contributed by atoms with Gasteiger partial charge in [-0.3, -0.25) is 28.1 Å². The summed E-state index contributed by atoms with van der Waals surface area (Å²) in [5.41, 5.74) is 4.06. The van der Waals surface area contributed by atoms with E-state index in [9.17, 15) is 63.0 Å². The van der Waals surface area contributed by atoms with Gasteiger partial charge in [-0.1, -0.05) is 89.6 Å². The molecule has 388 valence electrons. The number of aromatic nitrogens is 4. The first-order valence-corrected chi connectivity index (χ1v) is 27.6. The van der Waals surface area contributed by atoms with Crippen LogP contribution in [0.1, 0.15) is 117 Å². The van der Waals surface area contributed by atoms with Gasteiger partial charge in [0.2, 0.25) is 11.8 Å². The summed E-state index contributed by atoms with van der Waals surface area (Å²) in [7, 11) is -17.6. The summed E-state index contributed by atoms with van der Waals surface area (Å²) in [5.74, 6) is -1.34. The molecule has 0 spiro atoms. The lowest BCUT2D eigenvalue weighted by Crippen LogP contribution is -2.46. The van der Waals surface area contributed by atoms with Crippen molar-refractivity contribution in [1.29, 1.82) is 0 Å². The molecule has 1 fully saturated rings. The third kappa shape index (κ3) is 21.7. The minimum atomic E-state index is -5.93. The van der Waals surface area contributed by atoms with Crippen LogP contribution in [0.2, 0.25) is 0 Å². The SMILES string of the molecule is CCCCCCCC/C=C\CCCCC[C@H](O)CC(=O)SCCNC(=O)CCNC(=O)[C@H](O)C(C)(C)COP(=O)([O-])OP(=O)([O-])OC[C@H]1O[C@@H](n2cnc3c(N)ncnc32)[C@H](O)[C@@H]1OP(=O)([O-])[O-]. The first-order valence-electron chi connectivity index (χ1n) is 22.3. The van der Waals surface area contributed by atoms with Gasteiger partial charge < -0.3 is 74.1 Å². The number of anilines is 1. The summed E-state index contributed by atoms with van der Waals surface area (Å²) in [6.45, 7) is 2.20. The fraction of sp³-hybridized carbons (Fsp3) is 0.744. The normalized spacial score (nSPS) is 20.6. The minimum Gasteiger partial charge on any atom is -0.790 e. The number of hydrogen-bond acceptors (Lipinski definition) is 23. The molecule has 0 radical (unpaired) electrons. The Morgan fingerprint density at radius 1 is 0.941 bits per heavy atom. The summed E-state index contributed by atoms with van der Waals surface area (Å²) in [4.78, 5) is 96.9. The van der Waals surface area contributed by atoms with E-state index in [4.69, 9.17) is 10.5 Å². The smallest absolute Gasteiger partial charge is 0.274 e. The van der Waals surface area contributed by atoms with Crippen molar-refractivity contribution < 1.29 is 85.6 Å². The molecule has 0 aromatic carbocycles. The molecular weight excluding hydrogens is 979 g/mol. The number of amides is 2. The van der Waals surface area contributed by atoms with E-state index in [1.165, 1.54) is 52.4 Å². The molecule has 1 aliphatic rings. The first kappa shape index (κ1) is 59.6. The van der Waals surface area contributed by atoms with Gasteiger partial charge in [0.05, 0.1) is 33.5 Å². The molecule has 0 saturated carbocycles. The summed E-state index contributed by atoms with van der Waals surface area (Å²) < 4.78 is 60.8. The maximum atomic E-state index is 12.6. The van der Waals surface area contributed by atoms with Gasteiger partial charge in [0, 0.05) is 37.1 Å². The number of aliphatic hydroxyl groups is 3. The predicted octanol–water partition coefficient (Wildman–Crippen LogP) is 1.15. The third-order valence-corrected chi connectivity index (χ3v) is 14.4. The number of unbranched alkanes of at least 4 members (excludes halogenated alkanes) is 9. The lowest BCUT2D eigenvalue weighted by molar-refractivity contribution is -0.347. The number of phosphoric acid groups is 3. The molecule has 0 aliphatic carbocycles. The number of ether oxygens (including phenoxy) is 1. The number of carbonyl (C=O) groups excluding carboxylic acids is 3. The lowest BCUT2D eigenvalue weighted by Gasteiger charge is -2.36. The van der Waals surface area contributed by atoms with Gasteiger partial charge in [-0.2, -0.15) is 0 Å². The van der Waals surface area contributed by atoms with E-state index >= 15 is 0 Å². The van der Waals surface area contributed by atoms with E-state index in [0.717, 1.165) is 61.1 Å². The van der Waals surface area contributed by atoms with E-state index in [-0.39, 0.29) is 53.8 Å². The highest BCUT2D eigenvalue weighted by Crippen LogP contribution is 2.56. The van der Waals surface area contributed by atoms with Crippen molar-refractivity contribution in [1.82, 2.24) is 30.2 Å². The number of rotatable bonds is 34. The molecule has 68 heavy (non-hydrogen) atoms. The van der Waals surface area contributed by atoms with Gasteiger partial charge in [0.15, 0.2) is 22.8 Å². The lowest BCUT2D eigenvalue weighted by atomic mass is 9.87. The highest BCUT2D eigenvalue weighted by atomic mass is 32.2. The summed E-state index contributed by atoms with van der Waals surface area (Å²) in [6.07, 6.45) is 9.19. The molecule has 0 bridgehead atoms. The van der Waals surface area contributed by atoms with Crippen molar-refractivity contribution in [2.75, 3.05) is 37.8 Å². The van der Waals surface area contributed by atoms with Gasteiger partial charge in [0.1, 0.15) is 36.3 Å². The van der Waals surface area contributed by atoms with Crippen molar-refractivity contribution in [3.05, 3.63) is 24.8 Å². The first-order chi connectivity index (χ1) is 31.9. The Kier molecular flexibility index (Phi) is 25.4. The van der Waals surface area contributed by atoms with Crippen LogP contribution in [0.25, 0.3) is 11.2 Å². The number of nitrogens with two attached hydrogens (primary N) is 1. The Morgan fingerprint density at radius 3 is 2.26 bits per heavy atom. The molecule has 2 aromatic heterocycles. The van der Waals surface area contributed by atoms with Crippen LogP contribution in [0.5, 0.6) is 0 Å². The minimum absolute atomic E-state index is 0.00313. The highest BCUT2D eigenvalue weighted by molar-refractivity contribution is 8.13. The quantitative estimate of drug-likeness (QED) is 0.0325. The number of imidazole rings is 1. The van der Waals surface area contributed by atoms with E-state index in [0.29, 0.717) is 6.42 Å². The standard InChI is InChI=1S/C39H68N7O18P3S/c1-4-5-6-7-8-9-10-11-12-13-14-15-16-17-27(47)22-30(49)68-21-20-41-29(48)18-19-42-37(52)34(51)39(2,3)24-61-67(58,59)64-66(56,57)60-23-28-33(63-65(53,54)55)32(50)38(62-28)46-26-45-31-35(40)43-25-44-36(31)46/h11-12,25-28,32-34,38,47,50-51H,4-10,13-24H2,1-3H3,(H,41,48)(H,42,52)(H,56,57)(H,58,59)(H2,40,43,44)(H2,53,54,55)/p-4/b12-11-/t27-,28+,32+,33+,34-,38+/m0/s1. The van der Waals surface area contributed by atoms with Gasteiger partial charge in [-0.15, -0.1) is 0 Å². The van der Waals surface area contributed by atoms with Gasteiger partial charge in [0.25, 0.3) is 15.6 Å². The number of fused-ring (bicyclic) bond motifs is 1. The van der Waals surface area contributed by atoms with Crippen molar-refractivity contribution in [3.8, 4) is 0 Å². The number of aliphatic hydroxyl groups excluding tert-OH is 3. The van der Waals surface area contributed by atoms with Crippen LogP contribution in [0.3, 0.4) is 0 Å². The second kappa shape index (κ2) is 28.9. The predicted molar refractivity (Wildman–Crippen MR) is 239 cm³/mol. The van der Waals surface area contributed by atoms with Crippen molar-refractivity contribution >= 4 is 69.1 Å². The molecule has 25 nitrogen and oxygen atoms in total. The number of thioether (sulfide) groups is 1. The maximum Gasteiger partial charge on any atom is 0.274 e. The molecular formula is C39H64N7O18P3S-4. The van der Waals surface area contributed by atoms with Crippen LogP contribution in [0, 0.1) is 5.41 Å². The average Bonchev–Trinajstić information content (AvgIpc) is 3.82. The second-order valence-electron chi connectivity index (χ2n) is 16.7. The molecule has 1 aliphatic heterocycles. The Labute approximate surface area is 399 Å². The van der Waals surface area contributed by atoms with Crippen LogP contribution < -0.4 is 35.9 Å². The number of hydrogen-bond donors (Lipinski definition) is 6. The number of nitrogens with one attached hydrogen (secondary N) is 2. The molecule has 3 heterocycles. The Bertz CT molecular complexity index is 2080. The van der Waals surface area contributed by atoms with Crippen molar-refractivity contribution in [2.45, 2.75) is 147 Å². The zero-order valence-electron chi connectivity index (χ0n) is 38.3. The van der Waals surface area contributed by atoms with Crippen molar-refractivity contribution in [3.63, 3.8) is 0 Å². The second-order valence-corrected chi connectivity index (χ2v) is 21.9. The van der Waals surface area contributed by atoms with E-state index in [1.807, 2.05) is 0 Å². The summed E-state index contributed by atoms with van der Waals surface area (Å²) >= 11 is 0.980. The van der Waals surface area contributed by atoms with Crippen LogP contribution in [-0.2, 0) is 50.7 Å². The number of phosphoric ester groups is 3. The summed E-state index contributed by atoms with van der Waals surface area (Å²) in [5, 5.41) is 36.4. The zero-order chi connectivity index (χ0) is 50.5. The van der Waals surface area contributed by atoms with E-state index in [2.05, 4.69) is 62.5 Å². The van der Waals surface area contributed by atoms with Crippen LogP contribution in [0.15, 0.2) is 24.8 Å². The average molecular weight is 1040 g/mol. The molecule has 2 amide bonds. The Balaban J connectivity index is 1.32. The Hall–Kier alpha value is -2.74. The van der Waals surface area contributed by atoms with Gasteiger partial charge in [-0.05, 0) is 32.1 Å². The number of carbonyl (C=O) groups is 3. The molecule has 2 unspecified atom stereocenters. The molecule has 7 N–H and O–H groups in total. The van der Waals surface area contributed by atoms with E-state index < -0.39 is 90.7 Å². The topological polar surface area (TPSA) is 395 Å². The zero-order valence-corrected chi connectivity index (χ0v) is 41.8. The van der Waals surface area contributed by atoms with Crippen LogP contribution in [0.4, 0.5) is 5.82 Å². The molecule has 29 heteroatoms. The van der Waals surface area contributed by atoms with E-state index in [1.54, 1.807) is 0 Å². The van der Waals surface area contributed by atoms with Crippen LogP contribution >= 0.6 is 35.2 Å². The molecule has 3 rings (SSSR count). The number of nitrogen functional groups attached to an aromatic ring is 1. The largest absolute Gasteiger partial charge is 0.790 e. The number of nitrogens with zero attached hydrogens (tertiary/aromatic N) is 4. The third-order valence-electron chi connectivity index (χ3n) is 10.4. The monoisotopic (exact) mass is 1040 g/mol. The highest BCUT2D eigenvalue weighted by Gasteiger charge is 2.47. The fourth-order valence-electron chi connectivity index (χ4n) is 6.72. The van der Waals surface area contributed by atoms with Gasteiger partial charge in [-0.25, -0.2) is 19.3 Å². The molecule has 1 saturated heterocycles. The fourth-order valence-corrected chi connectivity index (χ4v) is 10.2. The molecule has 8 atom stereocenters.